The van der Waals surface area contributed by atoms with Crippen LogP contribution in [0.4, 0.5) is 4.79 Å². The summed E-state index contributed by atoms with van der Waals surface area (Å²) in [5.74, 6) is 0.298. The molecular formula is C19H33N3O4. The molecule has 3 heterocycles. The number of hydrogen-bond acceptors (Lipinski definition) is 5. The van der Waals surface area contributed by atoms with E-state index in [2.05, 4.69) is 9.80 Å². The number of carbonyl (C=O) groups is 2. The summed E-state index contributed by atoms with van der Waals surface area (Å²) in [5, 5.41) is 10.5. The lowest BCUT2D eigenvalue weighted by Gasteiger charge is -2.42. The molecule has 3 fully saturated rings. The monoisotopic (exact) mass is 367 g/mol. The summed E-state index contributed by atoms with van der Waals surface area (Å²) in [5.41, 5.74) is -0.528. The standard InChI is InChI=1S/C19H33N3O4/c1-19(2,3)26-18(25)21-12-15(16(23)13-21)20-10-7-14(8-11-20)22-9-5-4-6-17(22)24/h14-16,23H,4-13H2,1-3H3. The van der Waals surface area contributed by atoms with Gasteiger partial charge in [-0.3, -0.25) is 9.69 Å². The fourth-order valence-corrected chi connectivity index (χ4v) is 4.35. The van der Waals surface area contributed by atoms with E-state index in [1.807, 2.05) is 20.8 Å². The van der Waals surface area contributed by atoms with Gasteiger partial charge in [-0.15, -0.1) is 0 Å². The van der Waals surface area contributed by atoms with Crippen LogP contribution in [0.2, 0.25) is 0 Å². The van der Waals surface area contributed by atoms with E-state index < -0.39 is 11.7 Å². The molecule has 0 saturated carbocycles. The predicted molar refractivity (Wildman–Crippen MR) is 97.8 cm³/mol. The van der Waals surface area contributed by atoms with Gasteiger partial charge in [0.15, 0.2) is 0 Å². The number of amides is 2. The Kier molecular flexibility index (Phi) is 5.77. The van der Waals surface area contributed by atoms with Gasteiger partial charge in [-0.2, -0.15) is 0 Å². The molecule has 2 amide bonds. The first-order chi connectivity index (χ1) is 12.2. The molecule has 0 aromatic heterocycles. The van der Waals surface area contributed by atoms with Crippen molar-refractivity contribution in [2.75, 3.05) is 32.7 Å². The Morgan fingerprint density at radius 1 is 1.12 bits per heavy atom. The van der Waals surface area contributed by atoms with E-state index in [0.717, 1.165) is 45.3 Å². The van der Waals surface area contributed by atoms with E-state index in [-0.39, 0.29) is 12.1 Å². The Balaban J connectivity index is 1.51. The smallest absolute Gasteiger partial charge is 0.410 e. The zero-order chi connectivity index (χ0) is 18.9. The van der Waals surface area contributed by atoms with E-state index in [1.54, 1.807) is 4.90 Å². The Morgan fingerprint density at radius 3 is 2.42 bits per heavy atom. The summed E-state index contributed by atoms with van der Waals surface area (Å²) in [4.78, 5) is 30.3. The van der Waals surface area contributed by atoms with Crippen molar-refractivity contribution in [3.63, 3.8) is 0 Å². The average molecular weight is 367 g/mol. The summed E-state index contributed by atoms with van der Waals surface area (Å²) in [6.45, 7) is 8.98. The fraction of sp³-hybridized carbons (Fsp3) is 0.895. The van der Waals surface area contributed by atoms with Gasteiger partial charge in [0.1, 0.15) is 5.60 Å². The summed E-state index contributed by atoms with van der Waals surface area (Å²) < 4.78 is 5.43. The number of ether oxygens (including phenoxy) is 1. The lowest BCUT2D eigenvalue weighted by Crippen LogP contribution is -2.53. The number of piperidine rings is 2. The molecular weight excluding hydrogens is 334 g/mol. The van der Waals surface area contributed by atoms with Gasteiger partial charge < -0.3 is 19.6 Å². The molecule has 26 heavy (non-hydrogen) atoms. The van der Waals surface area contributed by atoms with Gasteiger partial charge in [-0.25, -0.2) is 4.79 Å². The van der Waals surface area contributed by atoms with Crippen LogP contribution in [0, 0.1) is 0 Å². The van der Waals surface area contributed by atoms with Crippen molar-refractivity contribution in [1.29, 1.82) is 0 Å². The fourth-order valence-electron chi connectivity index (χ4n) is 4.35. The quantitative estimate of drug-likeness (QED) is 0.800. The summed E-state index contributed by atoms with van der Waals surface area (Å²) in [6, 6.07) is 0.292. The highest BCUT2D eigenvalue weighted by Gasteiger charge is 2.41. The van der Waals surface area contributed by atoms with E-state index in [0.29, 0.717) is 31.5 Å². The summed E-state index contributed by atoms with van der Waals surface area (Å²) >= 11 is 0. The van der Waals surface area contributed by atoms with Crippen LogP contribution in [-0.2, 0) is 9.53 Å². The van der Waals surface area contributed by atoms with Crippen molar-refractivity contribution in [3.8, 4) is 0 Å². The first-order valence-electron chi connectivity index (χ1n) is 9.94. The van der Waals surface area contributed by atoms with Gasteiger partial charge in [0, 0.05) is 38.6 Å². The van der Waals surface area contributed by atoms with Crippen molar-refractivity contribution in [2.45, 2.75) is 76.7 Å². The normalized spacial score (nSPS) is 29.3. The molecule has 0 radical (unpaired) electrons. The first kappa shape index (κ1) is 19.4. The second-order valence-corrected chi connectivity index (χ2v) is 8.83. The van der Waals surface area contributed by atoms with Crippen molar-refractivity contribution in [2.24, 2.45) is 0 Å². The molecule has 0 aromatic rings. The van der Waals surface area contributed by atoms with E-state index in [9.17, 15) is 14.7 Å². The van der Waals surface area contributed by atoms with Crippen LogP contribution in [0.25, 0.3) is 0 Å². The van der Waals surface area contributed by atoms with Gasteiger partial charge in [0.2, 0.25) is 5.91 Å². The van der Waals surface area contributed by atoms with Crippen LogP contribution in [0.3, 0.4) is 0 Å². The molecule has 3 aliphatic heterocycles. The average Bonchev–Trinajstić information content (AvgIpc) is 2.96. The lowest BCUT2D eigenvalue weighted by atomic mass is 9.98. The highest BCUT2D eigenvalue weighted by Crippen LogP contribution is 2.26. The third kappa shape index (κ3) is 4.49. The van der Waals surface area contributed by atoms with Gasteiger partial charge in [0.25, 0.3) is 0 Å². The molecule has 2 unspecified atom stereocenters. The third-order valence-corrected chi connectivity index (χ3v) is 5.68. The number of β-amino-alcohol motifs (C(OH)–C–C–N with tert-alkyl or cyclic N) is 1. The van der Waals surface area contributed by atoms with Gasteiger partial charge in [0.05, 0.1) is 18.7 Å². The van der Waals surface area contributed by atoms with Crippen LogP contribution in [0.1, 0.15) is 52.9 Å². The van der Waals surface area contributed by atoms with Crippen LogP contribution in [-0.4, -0.2) is 88.3 Å². The number of rotatable bonds is 2. The number of nitrogens with zero attached hydrogens (tertiary/aromatic N) is 3. The Hall–Kier alpha value is -1.34. The zero-order valence-corrected chi connectivity index (χ0v) is 16.3. The second kappa shape index (κ2) is 7.72. The maximum Gasteiger partial charge on any atom is 0.410 e. The van der Waals surface area contributed by atoms with Crippen molar-refractivity contribution >= 4 is 12.0 Å². The second-order valence-electron chi connectivity index (χ2n) is 8.83. The van der Waals surface area contributed by atoms with Crippen molar-refractivity contribution in [3.05, 3.63) is 0 Å². The van der Waals surface area contributed by atoms with Crippen LogP contribution in [0.5, 0.6) is 0 Å². The number of aliphatic hydroxyl groups is 1. The SMILES string of the molecule is CC(C)(C)OC(=O)N1CC(O)C(N2CCC(N3CCCCC3=O)CC2)C1. The minimum absolute atomic E-state index is 0.0412. The van der Waals surface area contributed by atoms with Crippen LogP contribution in [0.15, 0.2) is 0 Å². The van der Waals surface area contributed by atoms with Gasteiger partial charge >= 0.3 is 6.09 Å². The minimum atomic E-state index is -0.546. The Bertz CT molecular complexity index is 525. The minimum Gasteiger partial charge on any atom is -0.444 e. The molecule has 148 valence electrons. The van der Waals surface area contributed by atoms with Crippen molar-refractivity contribution < 1.29 is 19.4 Å². The summed E-state index contributed by atoms with van der Waals surface area (Å²) in [6.07, 6.45) is 3.81. The van der Waals surface area contributed by atoms with E-state index >= 15 is 0 Å². The molecule has 0 aromatic carbocycles. The predicted octanol–water partition coefficient (Wildman–Crippen LogP) is 1.44. The molecule has 0 aliphatic carbocycles. The first-order valence-corrected chi connectivity index (χ1v) is 9.94. The zero-order valence-electron chi connectivity index (χ0n) is 16.3. The molecule has 3 saturated heterocycles. The number of carbonyl (C=O) groups excluding carboxylic acids is 2. The molecule has 7 heteroatoms. The molecule has 3 aliphatic rings. The molecule has 0 bridgehead atoms. The van der Waals surface area contributed by atoms with Crippen molar-refractivity contribution in [1.82, 2.24) is 14.7 Å². The summed E-state index contributed by atoms with van der Waals surface area (Å²) in [7, 11) is 0. The molecule has 1 N–H and O–H groups in total. The Morgan fingerprint density at radius 2 is 1.81 bits per heavy atom. The van der Waals surface area contributed by atoms with Gasteiger partial charge in [-0.1, -0.05) is 0 Å². The van der Waals surface area contributed by atoms with Crippen LogP contribution < -0.4 is 0 Å². The van der Waals surface area contributed by atoms with E-state index in [4.69, 9.17) is 4.74 Å². The Labute approximate surface area is 156 Å². The number of hydrogen-bond donors (Lipinski definition) is 1. The molecule has 3 rings (SSSR count). The maximum absolute atomic E-state index is 12.3. The van der Waals surface area contributed by atoms with Gasteiger partial charge in [-0.05, 0) is 46.5 Å². The topological polar surface area (TPSA) is 73.3 Å². The molecule has 0 spiro atoms. The number of likely N-dealkylation sites (tertiary alicyclic amines) is 3. The number of aliphatic hydroxyl groups excluding tert-OH is 1. The molecule has 2 atom stereocenters. The third-order valence-electron chi connectivity index (χ3n) is 5.68. The maximum atomic E-state index is 12.3. The highest BCUT2D eigenvalue weighted by molar-refractivity contribution is 5.77. The largest absolute Gasteiger partial charge is 0.444 e. The van der Waals surface area contributed by atoms with E-state index in [1.165, 1.54) is 0 Å². The molecule has 7 nitrogen and oxygen atoms in total. The lowest BCUT2D eigenvalue weighted by molar-refractivity contribution is -0.137. The van der Waals surface area contributed by atoms with Crippen LogP contribution >= 0.6 is 0 Å². The highest BCUT2D eigenvalue weighted by atomic mass is 16.6.